The van der Waals surface area contributed by atoms with Crippen molar-refractivity contribution in [1.29, 1.82) is 0 Å². The lowest BCUT2D eigenvalue weighted by atomic mass is 10.1. The minimum Gasteiger partial charge on any atom is -0.507 e. The average Bonchev–Trinajstić information content (AvgIpc) is 2.86. The molecule has 184 valence electrons. The quantitative estimate of drug-likeness (QED) is 0.162. The Balaban J connectivity index is 1.64. The van der Waals surface area contributed by atoms with E-state index in [1.165, 1.54) is 12.1 Å². The standard InChI is InChI=1S/C24H21N5O7/c1-2-36-18-10-7-16(8-11-18)26-22(31)19-5-3-4-6-20(19)27-23(32)24(33)28-25-14-15-13-17(29(34)35)9-12-21(15)30/h3-14,30H,2H2,1H3,(H,26,31)(H,27,32)(H,28,33)/b25-14+. The number of nitrogens with zero attached hydrogens (tertiary/aromatic N) is 2. The maximum atomic E-state index is 12.7. The van der Waals surface area contributed by atoms with Crippen molar-refractivity contribution in [3.05, 3.63) is 88.0 Å². The number of phenols is 1. The van der Waals surface area contributed by atoms with Gasteiger partial charge in [-0.1, -0.05) is 12.1 Å². The Labute approximate surface area is 204 Å². The molecule has 36 heavy (non-hydrogen) atoms. The maximum absolute atomic E-state index is 12.7. The van der Waals surface area contributed by atoms with Crippen LogP contribution in [-0.4, -0.2) is 40.6 Å². The molecule has 3 aromatic carbocycles. The summed E-state index contributed by atoms with van der Waals surface area (Å²) in [5, 5.41) is 29.2. The first kappa shape index (κ1) is 25.4. The van der Waals surface area contributed by atoms with Gasteiger partial charge in [-0.2, -0.15) is 5.10 Å². The number of phenolic OH excluding ortho intramolecular Hbond substituents is 1. The molecule has 0 aliphatic heterocycles. The van der Waals surface area contributed by atoms with Gasteiger partial charge in [-0.25, -0.2) is 5.43 Å². The van der Waals surface area contributed by atoms with E-state index < -0.39 is 22.6 Å². The number of para-hydroxylation sites is 1. The summed E-state index contributed by atoms with van der Waals surface area (Å²) >= 11 is 0. The zero-order valence-electron chi connectivity index (χ0n) is 18.9. The van der Waals surface area contributed by atoms with E-state index in [1.54, 1.807) is 36.4 Å². The van der Waals surface area contributed by atoms with Crippen LogP contribution in [0.25, 0.3) is 0 Å². The van der Waals surface area contributed by atoms with Gasteiger partial charge in [-0.05, 0) is 49.4 Å². The SMILES string of the molecule is CCOc1ccc(NC(=O)c2ccccc2NC(=O)C(=O)N/N=C/c2cc([N+](=O)[O-])ccc2O)cc1. The van der Waals surface area contributed by atoms with Crippen molar-refractivity contribution in [3.63, 3.8) is 0 Å². The van der Waals surface area contributed by atoms with Crippen LogP contribution in [0.3, 0.4) is 0 Å². The van der Waals surface area contributed by atoms with Crippen molar-refractivity contribution < 1.29 is 29.2 Å². The monoisotopic (exact) mass is 491 g/mol. The second-order valence-corrected chi connectivity index (χ2v) is 7.11. The summed E-state index contributed by atoms with van der Waals surface area (Å²) in [7, 11) is 0. The van der Waals surface area contributed by atoms with Gasteiger partial charge in [-0.3, -0.25) is 24.5 Å². The van der Waals surface area contributed by atoms with Gasteiger partial charge >= 0.3 is 11.8 Å². The first-order chi connectivity index (χ1) is 17.3. The number of nitrogens with one attached hydrogen (secondary N) is 3. The molecule has 12 nitrogen and oxygen atoms in total. The average molecular weight is 491 g/mol. The normalized spacial score (nSPS) is 10.5. The van der Waals surface area contributed by atoms with Crippen LogP contribution in [0.4, 0.5) is 17.1 Å². The second kappa shape index (κ2) is 11.7. The molecule has 0 unspecified atom stereocenters. The summed E-state index contributed by atoms with van der Waals surface area (Å²) in [6.45, 7) is 2.37. The van der Waals surface area contributed by atoms with Crippen LogP contribution in [-0.2, 0) is 9.59 Å². The Morgan fingerprint density at radius 1 is 1.03 bits per heavy atom. The molecule has 0 saturated heterocycles. The van der Waals surface area contributed by atoms with Crippen molar-refractivity contribution in [3.8, 4) is 11.5 Å². The van der Waals surface area contributed by atoms with E-state index in [2.05, 4.69) is 15.7 Å². The van der Waals surface area contributed by atoms with E-state index in [0.717, 1.165) is 24.4 Å². The summed E-state index contributed by atoms with van der Waals surface area (Å²) in [6, 6.07) is 16.1. The smallest absolute Gasteiger partial charge is 0.329 e. The van der Waals surface area contributed by atoms with Gasteiger partial charge in [-0.15, -0.1) is 0 Å². The molecule has 0 aliphatic carbocycles. The molecule has 3 rings (SSSR count). The Hall–Kier alpha value is -5.26. The number of nitro benzene ring substituents is 1. The summed E-state index contributed by atoms with van der Waals surface area (Å²) in [4.78, 5) is 47.4. The number of hydrogen-bond donors (Lipinski definition) is 4. The van der Waals surface area contributed by atoms with Crippen LogP contribution in [0.1, 0.15) is 22.8 Å². The predicted molar refractivity (Wildman–Crippen MR) is 131 cm³/mol. The molecule has 3 aromatic rings. The van der Waals surface area contributed by atoms with Gasteiger partial charge in [0, 0.05) is 23.4 Å². The highest BCUT2D eigenvalue weighted by molar-refractivity contribution is 6.40. The number of non-ortho nitro benzene ring substituents is 1. The maximum Gasteiger partial charge on any atom is 0.329 e. The Kier molecular flexibility index (Phi) is 8.27. The fraction of sp³-hybridized carbons (Fsp3) is 0.0833. The molecule has 3 amide bonds. The lowest BCUT2D eigenvalue weighted by Crippen LogP contribution is -2.33. The van der Waals surface area contributed by atoms with Crippen LogP contribution in [0.15, 0.2) is 71.8 Å². The highest BCUT2D eigenvalue weighted by atomic mass is 16.6. The third-order valence-electron chi connectivity index (χ3n) is 4.64. The van der Waals surface area contributed by atoms with Crippen molar-refractivity contribution >= 4 is 41.0 Å². The Bertz CT molecular complexity index is 1320. The number of ether oxygens (including phenoxy) is 1. The topological polar surface area (TPSA) is 172 Å². The molecule has 12 heteroatoms. The highest BCUT2D eigenvalue weighted by Gasteiger charge is 2.18. The summed E-state index contributed by atoms with van der Waals surface area (Å²) < 4.78 is 5.36. The molecule has 0 aliphatic rings. The van der Waals surface area contributed by atoms with Crippen molar-refractivity contribution in [2.75, 3.05) is 17.2 Å². The zero-order valence-corrected chi connectivity index (χ0v) is 18.9. The van der Waals surface area contributed by atoms with E-state index in [-0.39, 0.29) is 28.3 Å². The van der Waals surface area contributed by atoms with Crippen LogP contribution < -0.4 is 20.8 Å². The van der Waals surface area contributed by atoms with Gasteiger partial charge in [0.2, 0.25) is 0 Å². The number of carbonyl (C=O) groups excluding carboxylic acids is 3. The number of carbonyl (C=O) groups is 3. The molecule has 0 saturated carbocycles. The highest BCUT2D eigenvalue weighted by Crippen LogP contribution is 2.22. The number of rotatable bonds is 8. The molecule has 0 radical (unpaired) electrons. The summed E-state index contributed by atoms with van der Waals surface area (Å²) in [5.74, 6) is -2.46. The number of nitro groups is 1. The van der Waals surface area contributed by atoms with Crippen LogP contribution in [0.2, 0.25) is 0 Å². The molecule has 4 N–H and O–H groups in total. The summed E-state index contributed by atoms with van der Waals surface area (Å²) in [5.41, 5.74) is 2.32. The molecule has 0 aromatic heterocycles. The van der Waals surface area contributed by atoms with E-state index in [4.69, 9.17) is 4.74 Å². The number of hydrogen-bond acceptors (Lipinski definition) is 8. The van der Waals surface area contributed by atoms with Crippen molar-refractivity contribution in [2.45, 2.75) is 6.92 Å². The number of amides is 3. The lowest BCUT2D eigenvalue weighted by molar-refractivity contribution is -0.384. The third kappa shape index (κ3) is 6.63. The fourth-order valence-corrected chi connectivity index (χ4v) is 2.94. The number of hydrazone groups is 1. The van der Waals surface area contributed by atoms with Crippen LogP contribution in [0.5, 0.6) is 11.5 Å². The van der Waals surface area contributed by atoms with Crippen LogP contribution >= 0.6 is 0 Å². The largest absolute Gasteiger partial charge is 0.507 e. The van der Waals surface area contributed by atoms with Gasteiger partial charge in [0.15, 0.2) is 0 Å². The first-order valence-corrected chi connectivity index (χ1v) is 10.5. The third-order valence-corrected chi connectivity index (χ3v) is 4.64. The van der Waals surface area contributed by atoms with Gasteiger partial charge in [0.1, 0.15) is 11.5 Å². The van der Waals surface area contributed by atoms with E-state index in [0.29, 0.717) is 18.0 Å². The molecule has 0 atom stereocenters. The number of anilines is 2. The molecule has 0 bridgehead atoms. The summed E-state index contributed by atoms with van der Waals surface area (Å²) in [6.07, 6.45) is 0.950. The molecule has 0 heterocycles. The van der Waals surface area contributed by atoms with Crippen molar-refractivity contribution in [1.82, 2.24) is 5.43 Å². The molecule has 0 fully saturated rings. The Morgan fingerprint density at radius 3 is 2.44 bits per heavy atom. The lowest BCUT2D eigenvalue weighted by Gasteiger charge is -2.11. The molecular weight excluding hydrogens is 470 g/mol. The van der Waals surface area contributed by atoms with Crippen LogP contribution in [0, 0.1) is 10.1 Å². The minimum atomic E-state index is -1.17. The molecular formula is C24H21N5O7. The molecule has 0 spiro atoms. The predicted octanol–water partition coefficient (Wildman–Crippen LogP) is 3.04. The zero-order chi connectivity index (χ0) is 26.1. The van der Waals surface area contributed by atoms with E-state index in [1.807, 2.05) is 12.3 Å². The minimum absolute atomic E-state index is 0.0405. The van der Waals surface area contributed by atoms with E-state index in [9.17, 15) is 29.6 Å². The Morgan fingerprint density at radius 2 is 1.75 bits per heavy atom. The van der Waals surface area contributed by atoms with Gasteiger partial charge in [0.25, 0.3) is 11.6 Å². The first-order valence-electron chi connectivity index (χ1n) is 10.5. The van der Waals surface area contributed by atoms with Crippen molar-refractivity contribution in [2.24, 2.45) is 5.10 Å². The fourth-order valence-electron chi connectivity index (χ4n) is 2.94. The van der Waals surface area contributed by atoms with E-state index >= 15 is 0 Å². The van der Waals surface area contributed by atoms with Gasteiger partial charge < -0.3 is 20.5 Å². The number of aromatic hydroxyl groups is 1. The number of benzene rings is 3. The van der Waals surface area contributed by atoms with Gasteiger partial charge in [0.05, 0.1) is 29.0 Å². The second-order valence-electron chi connectivity index (χ2n) is 7.11.